The number of carbonyl (C=O) groups is 1. The molecule has 3 heteroatoms. The van der Waals surface area contributed by atoms with Gasteiger partial charge in [-0.25, -0.2) is 4.79 Å². The van der Waals surface area contributed by atoms with E-state index in [1.54, 1.807) is 0 Å². The van der Waals surface area contributed by atoms with Crippen LogP contribution in [0, 0.1) is 17.8 Å². The Morgan fingerprint density at radius 2 is 1.75 bits per heavy atom. The van der Waals surface area contributed by atoms with Crippen LogP contribution in [0.15, 0.2) is 0 Å². The molecule has 16 heavy (non-hydrogen) atoms. The first-order valence-electron chi connectivity index (χ1n) is 6.32. The van der Waals surface area contributed by atoms with E-state index >= 15 is 0 Å². The van der Waals surface area contributed by atoms with Gasteiger partial charge in [-0.1, -0.05) is 26.7 Å². The van der Waals surface area contributed by atoms with Gasteiger partial charge in [-0.3, -0.25) is 0 Å². The average Bonchev–Trinajstić information content (AvgIpc) is 2.52. The fourth-order valence-corrected chi connectivity index (χ4v) is 2.65. The lowest BCUT2D eigenvalue weighted by Gasteiger charge is -2.20. The highest BCUT2D eigenvalue weighted by molar-refractivity contribution is 5.74. The summed E-state index contributed by atoms with van der Waals surface area (Å²) in [6.07, 6.45) is 4.43. The number of hydrogen-bond acceptors (Lipinski definition) is 3. The number of ether oxygens (including phenoxy) is 1. The molecule has 0 spiro atoms. The van der Waals surface area contributed by atoms with Gasteiger partial charge in [-0.05, 0) is 37.0 Å². The molecule has 0 aromatic heterocycles. The van der Waals surface area contributed by atoms with Crippen molar-refractivity contribution in [1.29, 1.82) is 0 Å². The third-order valence-electron chi connectivity index (χ3n) is 3.89. The third kappa shape index (κ3) is 3.48. The van der Waals surface area contributed by atoms with E-state index in [0.29, 0.717) is 5.92 Å². The molecule has 94 valence electrons. The maximum absolute atomic E-state index is 11.3. The van der Waals surface area contributed by atoms with Crippen LogP contribution in [0.25, 0.3) is 0 Å². The molecule has 0 heterocycles. The lowest BCUT2D eigenvalue weighted by molar-refractivity contribution is -0.153. The molecule has 0 aliphatic heterocycles. The number of esters is 1. The molecule has 1 saturated carbocycles. The largest absolute Gasteiger partial charge is 0.467 e. The van der Waals surface area contributed by atoms with Gasteiger partial charge < -0.3 is 9.84 Å². The van der Waals surface area contributed by atoms with Crippen LogP contribution < -0.4 is 0 Å². The molecule has 1 fully saturated rings. The van der Waals surface area contributed by atoms with Gasteiger partial charge in [0.15, 0.2) is 6.10 Å². The average molecular weight is 228 g/mol. The number of hydrogen-bond donors (Lipinski definition) is 1. The lowest BCUT2D eigenvalue weighted by atomic mass is 9.88. The van der Waals surface area contributed by atoms with E-state index in [4.69, 9.17) is 0 Å². The van der Waals surface area contributed by atoms with E-state index in [9.17, 15) is 9.90 Å². The summed E-state index contributed by atoms with van der Waals surface area (Å²) >= 11 is 0. The standard InChI is InChI=1S/C13H24O3/c1-9(2)10-5-4-6-11(8-7-10)12(14)13(15)16-3/h9-12,14H,4-8H2,1-3H3. The number of carbonyl (C=O) groups excluding carboxylic acids is 1. The molecule has 1 N–H and O–H groups in total. The second-order valence-corrected chi connectivity index (χ2v) is 5.24. The summed E-state index contributed by atoms with van der Waals surface area (Å²) in [6.45, 7) is 4.50. The van der Waals surface area contributed by atoms with Crippen LogP contribution in [-0.2, 0) is 9.53 Å². The van der Waals surface area contributed by atoms with Gasteiger partial charge in [-0.2, -0.15) is 0 Å². The molecular weight excluding hydrogens is 204 g/mol. The van der Waals surface area contributed by atoms with Crippen molar-refractivity contribution in [3.8, 4) is 0 Å². The third-order valence-corrected chi connectivity index (χ3v) is 3.89. The zero-order valence-corrected chi connectivity index (χ0v) is 10.6. The van der Waals surface area contributed by atoms with Crippen LogP contribution in [0.4, 0.5) is 0 Å². The molecule has 0 saturated heterocycles. The van der Waals surface area contributed by atoms with E-state index in [1.165, 1.54) is 13.5 Å². The molecule has 0 aromatic rings. The van der Waals surface area contributed by atoms with Crippen molar-refractivity contribution in [2.75, 3.05) is 7.11 Å². The molecule has 0 aromatic carbocycles. The minimum Gasteiger partial charge on any atom is -0.467 e. The minimum atomic E-state index is -0.920. The van der Waals surface area contributed by atoms with Gasteiger partial charge >= 0.3 is 5.97 Å². The van der Waals surface area contributed by atoms with Crippen molar-refractivity contribution in [3.63, 3.8) is 0 Å². The van der Waals surface area contributed by atoms with E-state index in [1.807, 2.05) is 0 Å². The summed E-state index contributed by atoms with van der Waals surface area (Å²) in [5.74, 6) is 1.06. The molecule has 0 radical (unpaired) electrons. The van der Waals surface area contributed by atoms with Crippen LogP contribution in [0.3, 0.4) is 0 Å². The molecule has 0 amide bonds. The van der Waals surface area contributed by atoms with Crippen LogP contribution in [0.2, 0.25) is 0 Å². The fraction of sp³-hybridized carbons (Fsp3) is 0.923. The summed E-state index contributed by atoms with van der Waals surface area (Å²) in [7, 11) is 1.33. The maximum atomic E-state index is 11.3. The molecular formula is C13H24O3. The minimum absolute atomic E-state index is 0.0937. The molecule has 1 aliphatic carbocycles. The Morgan fingerprint density at radius 3 is 2.31 bits per heavy atom. The highest BCUT2D eigenvalue weighted by atomic mass is 16.5. The molecule has 3 nitrogen and oxygen atoms in total. The van der Waals surface area contributed by atoms with E-state index in [2.05, 4.69) is 18.6 Å². The van der Waals surface area contributed by atoms with Crippen molar-refractivity contribution in [2.24, 2.45) is 17.8 Å². The fourth-order valence-electron chi connectivity index (χ4n) is 2.65. The first-order valence-corrected chi connectivity index (χ1v) is 6.32. The van der Waals surface area contributed by atoms with Gasteiger partial charge in [0, 0.05) is 0 Å². The Morgan fingerprint density at radius 1 is 1.19 bits per heavy atom. The first kappa shape index (κ1) is 13.5. The summed E-state index contributed by atoms with van der Waals surface area (Å²) in [6, 6.07) is 0. The smallest absolute Gasteiger partial charge is 0.334 e. The number of aliphatic hydroxyl groups excluding tert-OH is 1. The summed E-state index contributed by atoms with van der Waals surface area (Å²) in [5.41, 5.74) is 0. The Hall–Kier alpha value is -0.570. The van der Waals surface area contributed by atoms with E-state index < -0.39 is 12.1 Å². The summed E-state index contributed by atoms with van der Waals surface area (Å²) in [4.78, 5) is 11.3. The predicted molar refractivity (Wildman–Crippen MR) is 62.9 cm³/mol. The normalized spacial score (nSPS) is 28.6. The number of methoxy groups -OCH3 is 1. The van der Waals surface area contributed by atoms with Gasteiger partial charge in [0.05, 0.1) is 7.11 Å². The predicted octanol–water partition coefficient (Wildman–Crippen LogP) is 2.37. The van der Waals surface area contributed by atoms with E-state index in [-0.39, 0.29) is 5.92 Å². The first-order chi connectivity index (χ1) is 7.56. The number of aliphatic hydroxyl groups is 1. The highest BCUT2D eigenvalue weighted by Crippen LogP contribution is 2.33. The molecule has 0 bridgehead atoms. The van der Waals surface area contributed by atoms with Crippen molar-refractivity contribution in [1.82, 2.24) is 0 Å². The molecule has 3 atom stereocenters. The van der Waals surface area contributed by atoms with Crippen LogP contribution in [-0.4, -0.2) is 24.3 Å². The van der Waals surface area contributed by atoms with Gasteiger partial charge in [0.25, 0.3) is 0 Å². The monoisotopic (exact) mass is 228 g/mol. The van der Waals surface area contributed by atoms with Crippen LogP contribution >= 0.6 is 0 Å². The Bertz CT molecular complexity index is 225. The molecule has 3 unspecified atom stereocenters. The van der Waals surface area contributed by atoms with Gasteiger partial charge in [-0.15, -0.1) is 0 Å². The Balaban J connectivity index is 2.49. The maximum Gasteiger partial charge on any atom is 0.334 e. The lowest BCUT2D eigenvalue weighted by Crippen LogP contribution is -2.30. The van der Waals surface area contributed by atoms with Crippen molar-refractivity contribution in [2.45, 2.75) is 52.1 Å². The van der Waals surface area contributed by atoms with E-state index in [0.717, 1.165) is 31.6 Å². The Labute approximate surface area is 98.2 Å². The zero-order chi connectivity index (χ0) is 12.1. The second kappa shape index (κ2) is 6.24. The van der Waals surface area contributed by atoms with Crippen molar-refractivity contribution in [3.05, 3.63) is 0 Å². The van der Waals surface area contributed by atoms with Crippen molar-refractivity contribution >= 4 is 5.97 Å². The van der Waals surface area contributed by atoms with Gasteiger partial charge in [0.2, 0.25) is 0 Å². The number of rotatable bonds is 3. The summed E-state index contributed by atoms with van der Waals surface area (Å²) < 4.78 is 4.59. The topological polar surface area (TPSA) is 46.5 Å². The summed E-state index contributed by atoms with van der Waals surface area (Å²) in [5, 5.41) is 9.82. The van der Waals surface area contributed by atoms with Crippen LogP contribution in [0.5, 0.6) is 0 Å². The molecule has 1 rings (SSSR count). The highest BCUT2D eigenvalue weighted by Gasteiger charge is 2.30. The zero-order valence-electron chi connectivity index (χ0n) is 10.6. The van der Waals surface area contributed by atoms with Crippen LogP contribution in [0.1, 0.15) is 46.0 Å². The SMILES string of the molecule is COC(=O)C(O)C1CCCC(C(C)C)CC1. The van der Waals surface area contributed by atoms with Crippen molar-refractivity contribution < 1.29 is 14.6 Å². The van der Waals surface area contributed by atoms with Gasteiger partial charge in [0.1, 0.15) is 0 Å². The Kier molecular flexibility index (Phi) is 5.26. The quantitative estimate of drug-likeness (QED) is 0.596. The second-order valence-electron chi connectivity index (χ2n) is 5.24. The molecule has 1 aliphatic rings.